The molecule has 2 heteroatoms. The van der Waals surface area contributed by atoms with Crippen LogP contribution in [-0.4, -0.2) is 0 Å². The van der Waals surface area contributed by atoms with E-state index in [1.165, 1.54) is 43.8 Å². The van der Waals surface area contributed by atoms with E-state index in [9.17, 15) is 0 Å². The summed E-state index contributed by atoms with van der Waals surface area (Å²) in [6, 6.07) is 38.3. The molecule has 34 heavy (non-hydrogen) atoms. The predicted octanol–water partition coefficient (Wildman–Crippen LogP) is 8.67. The molecule has 7 rings (SSSR count). The Bertz CT molecular complexity index is 1660. The SMILES string of the molecule is c1ccc2c(c1)oc1cccc(Cc3ccc(Cc4cccc5oc6ccccc6c45)cc3)c12. The quantitative estimate of drug-likeness (QED) is 0.275. The van der Waals surface area contributed by atoms with Crippen molar-refractivity contribution in [2.45, 2.75) is 12.8 Å². The lowest BCUT2D eigenvalue weighted by atomic mass is 9.96. The summed E-state index contributed by atoms with van der Waals surface area (Å²) in [5.41, 5.74) is 8.99. The molecule has 0 radical (unpaired) electrons. The minimum Gasteiger partial charge on any atom is -0.456 e. The van der Waals surface area contributed by atoms with E-state index in [-0.39, 0.29) is 0 Å². The molecule has 0 aliphatic rings. The molecule has 0 amide bonds. The predicted molar refractivity (Wildman–Crippen MR) is 139 cm³/mol. The van der Waals surface area contributed by atoms with E-state index in [2.05, 4.69) is 84.9 Å². The Labute approximate surface area is 197 Å². The first-order chi connectivity index (χ1) is 16.8. The summed E-state index contributed by atoms with van der Waals surface area (Å²) in [5.74, 6) is 0. The van der Waals surface area contributed by atoms with Gasteiger partial charge in [0, 0.05) is 21.5 Å². The summed E-state index contributed by atoms with van der Waals surface area (Å²) in [6.45, 7) is 0. The van der Waals surface area contributed by atoms with E-state index in [0.29, 0.717) is 0 Å². The van der Waals surface area contributed by atoms with E-state index in [1.54, 1.807) is 0 Å². The van der Waals surface area contributed by atoms with Crippen molar-refractivity contribution in [3.63, 3.8) is 0 Å². The molecular formula is C32H22O2. The fourth-order valence-corrected chi connectivity index (χ4v) is 5.21. The summed E-state index contributed by atoms with van der Waals surface area (Å²) < 4.78 is 12.1. The Kier molecular flexibility index (Phi) is 4.31. The van der Waals surface area contributed by atoms with Crippen molar-refractivity contribution in [2.75, 3.05) is 0 Å². The van der Waals surface area contributed by atoms with Crippen LogP contribution in [0.1, 0.15) is 22.3 Å². The van der Waals surface area contributed by atoms with Gasteiger partial charge in [0.1, 0.15) is 22.3 Å². The van der Waals surface area contributed by atoms with Gasteiger partial charge in [-0.25, -0.2) is 0 Å². The maximum Gasteiger partial charge on any atom is 0.135 e. The Morgan fingerprint density at radius 3 is 1.26 bits per heavy atom. The van der Waals surface area contributed by atoms with Gasteiger partial charge in [0.15, 0.2) is 0 Å². The first-order valence-electron chi connectivity index (χ1n) is 11.7. The minimum absolute atomic E-state index is 0.878. The van der Waals surface area contributed by atoms with Crippen molar-refractivity contribution < 1.29 is 8.83 Å². The van der Waals surface area contributed by atoms with Crippen molar-refractivity contribution in [2.24, 2.45) is 0 Å². The van der Waals surface area contributed by atoms with E-state index in [0.717, 1.165) is 35.2 Å². The Balaban J connectivity index is 1.21. The molecule has 0 unspecified atom stereocenters. The van der Waals surface area contributed by atoms with Gasteiger partial charge in [0.2, 0.25) is 0 Å². The van der Waals surface area contributed by atoms with Crippen molar-refractivity contribution in [1.82, 2.24) is 0 Å². The Morgan fingerprint density at radius 2 is 0.794 bits per heavy atom. The van der Waals surface area contributed by atoms with Gasteiger partial charge < -0.3 is 8.83 Å². The normalized spacial score (nSPS) is 11.8. The first-order valence-corrected chi connectivity index (χ1v) is 11.7. The molecule has 0 fully saturated rings. The van der Waals surface area contributed by atoms with Crippen LogP contribution in [0, 0.1) is 0 Å². The number of hydrogen-bond donors (Lipinski definition) is 0. The number of para-hydroxylation sites is 2. The molecule has 2 heterocycles. The van der Waals surface area contributed by atoms with E-state index in [1.807, 2.05) is 24.3 Å². The minimum atomic E-state index is 0.878. The zero-order chi connectivity index (χ0) is 22.5. The number of benzene rings is 5. The second-order valence-corrected chi connectivity index (χ2v) is 8.95. The maximum absolute atomic E-state index is 6.07. The number of rotatable bonds is 4. The van der Waals surface area contributed by atoms with Gasteiger partial charge in [-0.05, 0) is 59.4 Å². The molecule has 5 aromatic carbocycles. The van der Waals surface area contributed by atoms with Gasteiger partial charge in [-0.15, -0.1) is 0 Å². The van der Waals surface area contributed by atoms with Crippen LogP contribution in [0.15, 0.2) is 118 Å². The lowest BCUT2D eigenvalue weighted by Gasteiger charge is -2.07. The maximum atomic E-state index is 6.07. The molecule has 2 aromatic heterocycles. The summed E-state index contributed by atoms with van der Waals surface area (Å²) in [5, 5.41) is 4.82. The zero-order valence-corrected chi connectivity index (χ0v) is 18.6. The molecule has 0 saturated heterocycles. The largest absolute Gasteiger partial charge is 0.456 e. The van der Waals surface area contributed by atoms with E-state index in [4.69, 9.17) is 8.83 Å². The number of hydrogen-bond acceptors (Lipinski definition) is 2. The molecule has 0 N–H and O–H groups in total. The second-order valence-electron chi connectivity index (χ2n) is 8.95. The van der Waals surface area contributed by atoms with Gasteiger partial charge in [-0.2, -0.15) is 0 Å². The van der Waals surface area contributed by atoms with E-state index < -0.39 is 0 Å². The highest BCUT2D eigenvalue weighted by Crippen LogP contribution is 2.34. The third-order valence-corrected chi connectivity index (χ3v) is 6.79. The van der Waals surface area contributed by atoms with Crippen molar-refractivity contribution in [3.05, 3.63) is 131 Å². The average molecular weight is 439 g/mol. The molecular weight excluding hydrogens is 416 g/mol. The second kappa shape index (κ2) is 7.64. The molecule has 0 atom stereocenters. The van der Waals surface area contributed by atoms with Gasteiger partial charge in [0.25, 0.3) is 0 Å². The van der Waals surface area contributed by atoms with Crippen LogP contribution in [0.25, 0.3) is 43.9 Å². The fraction of sp³-hybridized carbons (Fsp3) is 0.0625. The summed E-state index contributed by atoms with van der Waals surface area (Å²) >= 11 is 0. The highest BCUT2D eigenvalue weighted by Gasteiger charge is 2.12. The van der Waals surface area contributed by atoms with Crippen LogP contribution < -0.4 is 0 Å². The fourth-order valence-electron chi connectivity index (χ4n) is 5.21. The van der Waals surface area contributed by atoms with Crippen molar-refractivity contribution in [3.8, 4) is 0 Å². The summed E-state index contributed by atoms with van der Waals surface area (Å²) in [7, 11) is 0. The van der Waals surface area contributed by atoms with Crippen molar-refractivity contribution in [1.29, 1.82) is 0 Å². The van der Waals surface area contributed by atoms with E-state index >= 15 is 0 Å². The van der Waals surface area contributed by atoms with Crippen LogP contribution in [-0.2, 0) is 12.8 Å². The van der Waals surface area contributed by atoms with Gasteiger partial charge >= 0.3 is 0 Å². The molecule has 7 aromatic rings. The standard InChI is InChI=1S/C32H22O2/c1-3-11-27-25(9-1)31-23(7-5-13-29(31)33-27)19-21-15-17-22(18-16-21)20-24-8-6-14-30-32(24)26-10-2-4-12-28(26)34-30/h1-18H,19-20H2. The lowest BCUT2D eigenvalue weighted by molar-refractivity contribution is 0.668. The summed E-state index contributed by atoms with van der Waals surface area (Å²) in [6.07, 6.45) is 1.76. The monoisotopic (exact) mass is 438 g/mol. The number of furan rings is 2. The molecule has 0 aliphatic heterocycles. The average Bonchev–Trinajstić information content (AvgIpc) is 3.45. The van der Waals surface area contributed by atoms with Crippen LogP contribution in [0.2, 0.25) is 0 Å². The molecule has 0 saturated carbocycles. The van der Waals surface area contributed by atoms with Crippen LogP contribution in [0.4, 0.5) is 0 Å². The van der Waals surface area contributed by atoms with Gasteiger partial charge in [0.05, 0.1) is 0 Å². The summed E-state index contributed by atoms with van der Waals surface area (Å²) in [4.78, 5) is 0. The Hall–Kier alpha value is -4.30. The zero-order valence-electron chi connectivity index (χ0n) is 18.6. The van der Waals surface area contributed by atoms with Crippen LogP contribution >= 0.6 is 0 Å². The molecule has 0 spiro atoms. The lowest BCUT2D eigenvalue weighted by Crippen LogP contribution is -1.92. The van der Waals surface area contributed by atoms with Gasteiger partial charge in [-0.3, -0.25) is 0 Å². The highest BCUT2D eigenvalue weighted by atomic mass is 16.3. The van der Waals surface area contributed by atoms with Crippen molar-refractivity contribution >= 4 is 43.9 Å². The van der Waals surface area contributed by atoms with Crippen LogP contribution in [0.5, 0.6) is 0 Å². The highest BCUT2D eigenvalue weighted by molar-refractivity contribution is 6.07. The molecule has 0 aliphatic carbocycles. The van der Waals surface area contributed by atoms with Gasteiger partial charge in [-0.1, -0.05) is 84.9 Å². The molecule has 0 bridgehead atoms. The topological polar surface area (TPSA) is 26.3 Å². The third kappa shape index (κ3) is 3.11. The molecule has 2 nitrogen and oxygen atoms in total. The third-order valence-electron chi connectivity index (χ3n) is 6.79. The Morgan fingerprint density at radius 1 is 0.382 bits per heavy atom. The molecule has 162 valence electrons. The smallest absolute Gasteiger partial charge is 0.135 e. The number of fused-ring (bicyclic) bond motifs is 6. The van der Waals surface area contributed by atoms with Crippen LogP contribution in [0.3, 0.4) is 0 Å². The first kappa shape index (κ1) is 19.2.